The molecule has 1 aromatic rings. The van der Waals surface area contributed by atoms with Crippen LogP contribution in [-0.4, -0.2) is 62.3 Å². The number of likely N-dealkylation sites (tertiary alicyclic amines) is 1. The van der Waals surface area contributed by atoms with Gasteiger partial charge in [-0.25, -0.2) is 4.79 Å². The van der Waals surface area contributed by atoms with E-state index in [-0.39, 0.29) is 37.2 Å². The maximum absolute atomic E-state index is 13.2. The first-order valence-electron chi connectivity index (χ1n) is 11.5. The molecule has 3 heterocycles. The molecule has 0 saturated carbocycles. The third kappa shape index (κ3) is 5.31. The van der Waals surface area contributed by atoms with Crippen LogP contribution in [0.2, 0.25) is 0 Å². The first-order valence-corrected chi connectivity index (χ1v) is 12.9. The number of anilines is 1. The summed E-state index contributed by atoms with van der Waals surface area (Å²) in [6, 6.07) is 5.03. The standard InChI is InChI=1S/C23H29F3N2O6S/c1-21(2,3)33-20(29)28-13-9-22(10-14-28)15-18(34-35(30,31)23(24,25)26)19-16(27-11-4-5-12-27)7-6-8-17(19)32-22/h6-8,15H,4-5,9-14H2,1-3H3. The number of piperidine rings is 1. The Morgan fingerprint density at radius 1 is 1.06 bits per heavy atom. The fourth-order valence-corrected chi connectivity index (χ4v) is 4.97. The molecule has 0 radical (unpaired) electrons. The molecule has 3 aliphatic heterocycles. The molecule has 0 bridgehead atoms. The van der Waals surface area contributed by atoms with Gasteiger partial charge in [-0.05, 0) is 45.7 Å². The lowest BCUT2D eigenvalue weighted by molar-refractivity contribution is -0.0512. The fourth-order valence-electron chi connectivity index (χ4n) is 4.51. The van der Waals surface area contributed by atoms with Gasteiger partial charge in [0.1, 0.15) is 17.0 Å². The Morgan fingerprint density at radius 3 is 2.26 bits per heavy atom. The highest BCUT2D eigenvalue weighted by atomic mass is 32.2. The lowest BCUT2D eigenvalue weighted by Gasteiger charge is -2.43. The summed E-state index contributed by atoms with van der Waals surface area (Å²) in [5.74, 6) is -0.160. The van der Waals surface area contributed by atoms with Crippen LogP contribution in [0.15, 0.2) is 24.3 Å². The molecule has 1 amide bonds. The van der Waals surface area contributed by atoms with E-state index in [1.807, 2.05) is 4.90 Å². The van der Waals surface area contributed by atoms with Gasteiger partial charge in [-0.1, -0.05) is 6.07 Å². The largest absolute Gasteiger partial charge is 0.534 e. The van der Waals surface area contributed by atoms with E-state index in [0.29, 0.717) is 18.8 Å². The number of alkyl halides is 3. The summed E-state index contributed by atoms with van der Waals surface area (Å²) in [6.45, 7) is 7.06. The number of carbonyl (C=O) groups excluding carboxylic acids is 1. The van der Waals surface area contributed by atoms with Gasteiger partial charge >= 0.3 is 21.7 Å². The number of hydrogen-bond donors (Lipinski definition) is 0. The average Bonchev–Trinajstić information content (AvgIpc) is 3.26. The first kappa shape index (κ1) is 25.5. The smallest absolute Gasteiger partial charge is 0.482 e. The molecule has 3 aliphatic rings. The van der Waals surface area contributed by atoms with Gasteiger partial charge in [-0.3, -0.25) is 0 Å². The molecule has 0 N–H and O–H groups in total. The molecule has 2 saturated heterocycles. The number of hydrogen-bond acceptors (Lipinski definition) is 7. The van der Waals surface area contributed by atoms with Crippen molar-refractivity contribution in [1.29, 1.82) is 0 Å². The summed E-state index contributed by atoms with van der Waals surface area (Å²) in [5, 5.41) is 0. The Balaban J connectivity index is 1.68. The maximum atomic E-state index is 13.2. The first-order chi connectivity index (χ1) is 16.2. The summed E-state index contributed by atoms with van der Waals surface area (Å²) in [7, 11) is -5.91. The van der Waals surface area contributed by atoms with Crippen molar-refractivity contribution in [2.24, 2.45) is 0 Å². The summed E-state index contributed by atoms with van der Waals surface area (Å²) in [4.78, 5) is 15.9. The lowest BCUT2D eigenvalue weighted by atomic mass is 9.87. The molecule has 12 heteroatoms. The van der Waals surface area contributed by atoms with Gasteiger partial charge in [0.25, 0.3) is 0 Å². The van der Waals surface area contributed by atoms with Gasteiger partial charge in [0.15, 0.2) is 5.76 Å². The molecule has 2 fully saturated rings. The second-order valence-electron chi connectivity index (χ2n) is 9.97. The highest BCUT2D eigenvalue weighted by Gasteiger charge is 2.51. The van der Waals surface area contributed by atoms with E-state index in [1.54, 1.807) is 39.0 Å². The molecule has 194 valence electrons. The molecule has 0 atom stereocenters. The van der Waals surface area contributed by atoms with Crippen LogP contribution in [0.5, 0.6) is 5.75 Å². The number of nitrogens with zero attached hydrogens (tertiary/aromatic N) is 2. The van der Waals surface area contributed by atoms with Gasteiger partial charge in [0.2, 0.25) is 0 Å². The Bertz CT molecular complexity index is 1110. The molecule has 0 aliphatic carbocycles. The summed E-state index contributed by atoms with van der Waals surface area (Å²) in [6.07, 6.45) is 3.09. The van der Waals surface area contributed by atoms with E-state index in [2.05, 4.69) is 0 Å². The van der Waals surface area contributed by atoms with Crippen LogP contribution in [0.1, 0.15) is 52.0 Å². The van der Waals surface area contributed by atoms with Crippen molar-refractivity contribution in [3.63, 3.8) is 0 Å². The SMILES string of the molecule is CC(C)(C)OC(=O)N1CCC2(C=C(OS(=O)(=O)C(F)(F)F)c3c(cccc3N3CCCC3)O2)CC1. The van der Waals surface area contributed by atoms with Gasteiger partial charge < -0.3 is 23.5 Å². The topological polar surface area (TPSA) is 85.4 Å². The second-order valence-corrected chi connectivity index (χ2v) is 11.5. The number of fused-ring (bicyclic) bond motifs is 1. The van der Waals surface area contributed by atoms with Crippen molar-refractivity contribution in [1.82, 2.24) is 4.90 Å². The van der Waals surface area contributed by atoms with Crippen LogP contribution in [0, 0.1) is 0 Å². The Labute approximate surface area is 202 Å². The number of rotatable bonds is 3. The van der Waals surface area contributed by atoms with Crippen LogP contribution in [-0.2, 0) is 19.0 Å². The molecule has 0 aromatic heterocycles. The Hall–Kier alpha value is -2.63. The second kappa shape index (κ2) is 8.79. The van der Waals surface area contributed by atoms with E-state index in [4.69, 9.17) is 13.7 Å². The monoisotopic (exact) mass is 518 g/mol. The fraction of sp³-hybridized carbons (Fsp3) is 0.609. The van der Waals surface area contributed by atoms with Crippen LogP contribution < -0.4 is 9.64 Å². The molecular formula is C23H29F3N2O6S. The van der Waals surface area contributed by atoms with Gasteiger partial charge in [0, 0.05) is 45.1 Å². The summed E-state index contributed by atoms with van der Waals surface area (Å²) in [5.41, 5.74) is -6.65. The van der Waals surface area contributed by atoms with Crippen LogP contribution >= 0.6 is 0 Å². The minimum atomic E-state index is -5.91. The van der Waals surface area contributed by atoms with Gasteiger partial charge in [-0.15, -0.1) is 0 Å². The summed E-state index contributed by atoms with van der Waals surface area (Å²) < 4.78 is 80.1. The maximum Gasteiger partial charge on any atom is 0.534 e. The molecule has 1 aromatic carbocycles. The zero-order valence-electron chi connectivity index (χ0n) is 19.9. The van der Waals surface area contributed by atoms with Crippen LogP contribution in [0.3, 0.4) is 0 Å². The van der Waals surface area contributed by atoms with Crippen LogP contribution in [0.4, 0.5) is 23.7 Å². The zero-order chi connectivity index (χ0) is 25.6. The van der Waals surface area contributed by atoms with Crippen molar-refractivity contribution in [2.45, 2.75) is 63.2 Å². The van der Waals surface area contributed by atoms with E-state index in [9.17, 15) is 26.4 Å². The van der Waals surface area contributed by atoms with Gasteiger partial charge in [0.05, 0.1) is 11.3 Å². The molecule has 1 spiro atoms. The van der Waals surface area contributed by atoms with E-state index < -0.39 is 38.7 Å². The van der Waals surface area contributed by atoms with Crippen molar-refractivity contribution in [2.75, 3.05) is 31.1 Å². The molecule has 8 nitrogen and oxygen atoms in total. The molecule has 4 rings (SSSR count). The Morgan fingerprint density at radius 2 is 1.69 bits per heavy atom. The summed E-state index contributed by atoms with van der Waals surface area (Å²) >= 11 is 0. The highest BCUT2D eigenvalue weighted by molar-refractivity contribution is 7.87. The number of carbonyl (C=O) groups is 1. The normalized spacial score (nSPS) is 20.2. The minimum Gasteiger partial charge on any atom is -0.482 e. The van der Waals surface area contributed by atoms with E-state index >= 15 is 0 Å². The average molecular weight is 519 g/mol. The molecular weight excluding hydrogens is 489 g/mol. The van der Waals surface area contributed by atoms with Crippen molar-refractivity contribution >= 4 is 27.7 Å². The third-order valence-electron chi connectivity index (χ3n) is 6.15. The van der Waals surface area contributed by atoms with E-state index in [1.165, 1.54) is 11.0 Å². The van der Waals surface area contributed by atoms with E-state index in [0.717, 1.165) is 12.8 Å². The number of halogens is 3. The van der Waals surface area contributed by atoms with Gasteiger partial charge in [-0.2, -0.15) is 21.6 Å². The zero-order valence-corrected chi connectivity index (χ0v) is 20.7. The molecule has 0 unspecified atom stereocenters. The predicted molar refractivity (Wildman–Crippen MR) is 122 cm³/mol. The number of ether oxygens (including phenoxy) is 2. The number of amides is 1. The minimum absolute atomic E-state index is 0.183. The predicted octanol–water partition coefficient (Wildman–Crippen LogP) is 4.66. The van der Waals surface area contributed by atoms with Crippen molar-refractivity contribution in [3.05, 3.63) is 29.8 Å². The Kier molecular flexibility index (Phi) is 6.40. The van der Waals surface area contributed by atoms with Crippen molar-refractivity contribution in [3.8, 4) is 5.75 Å². The lowest BCUT2D eigenvalue weighted by Crippen LogP contribution is -2.50. The quantitative estimate of drug-likeness (QED) is 0.425. The molecule has 35 heavy (non-hydrogen) atoms. The van der Waals surface area contributed by atoms with Crippen LogP contribution in [0.25, 0.3) is 5.76 Å². The number of benzene rings is 1. The highest BCUT2D eigenvalue weighted by Crippen LogP contribution is 2.47. The van der Waals surface area contributed by atoms with Crippen molar-refractivity contribution < 1.29 is 40.0 Å². The third-order valence-corrected chi connectivity index (χ3v) is 7.12.